The Labute approximate surface area is 870 Å². The Morgan fingerprint density at radius 3 is 0.669 bits per heavy atom. The van der Waals surface area contributed by atoms with Gasteiger partial charge in [0.1, 0.15) is 5.78 Å². The summed E-state index contributed by atoms with van der Waals surface area (Å²) >= 11 is 0. The van der Waals surface area contributed by atoms with Crippen LogP contribution in [0.4, 0.5) is 0 Å². The molecule has 0 aromatic carbocycles. The molecule has 49 heteroatoms. The van der Waals surface area contributed by atoms with E-state index in [2.05, 4.69) is 99.8 Å². The van der Waals surface area contributed by atoms with Crippen molar-refractivity contribution in [3.05, 3.63) is 11.4 Å². The lowest BCUT2D eigenvalue weighted by Gasteiger charge is -2.41. The zero-order chi connectivity index (χ0) is 105. The van der Waals surface area contributed by atoms with Crippen LogP contribution in [0.15, 0.2) is 0 Å². The first kappa shape index (κ1) is 129. The van der Waals surface area contributed by atoms with Crippen molar-refractivity contribution >= 4 is 50.9 Å². The summed E-state index contributed by atoms with van der Waals surface area (Å²) in [4.78, 5) is 30.6. The van der Waals surface area contributed by atoms with Crippen LogP contribution in [0, 0.1) is 12.5 Å². The number of rotatable bonds is 25. The second kappa shape index (κ2) is 68.7. The van der Waals surface area contributed by atoms with E-state index in [1.807, 2.05) is 58.1 Å². The van der Waals surface area contributed by atoms with Crippen LogP contribution < -0.4 is 0 Å². The van der Waals surface area contributed by atoms with E-state index in [4.69, 9.17) is 110 Å². The number of carbonyl (C=O) groups excluding carboxylic acids is 1. The lowest BCUT2D eigenvalue weighted by atomic mass is 10.0. The molecule has 13 saturated heterocycles. The predicted molar refractivity (Wildman–Crippen MR) is 562 cm³/mol. The van der Waals surface area contributed by atoms with Crippen LogP contribution in [0.1, 0.15) is 99.8 Å². The van der Waals surface area contributed by atoms with E-state index >= 15 is 0 Å². The average molecular weight is 2190 g/mol. The van der Waals surface area contributed by atoms with E-state index in [-0.39, 0.29) is 85.1 Å². The number of likely N-dealkylation sites (N-methyl/N-ethyl adjacent to an activating group) is 6. The van der Waals surface area contributed by atoms with E-state index < -0.39 is 45.1 Å². The van der Waals surface area contributed by atoms with E-state index in [1.165, 1.54) is 0 Å². The number of carbonyl (C=O) groups is 1. The minimum absolute atomic E-state index is 0.00733. The Hall–Kier alpha value is -0.860. The molecule has 0 amide bonds. The van der Waals surface area contributed by atoms with Crippen LogP contribution in [0.5, 0.6) is 0 Å². The van der Waals surface area contributed by atoms with Gasteiger partial charge in [0, 0.05) is 242 Å². The third-order valence-corrected chi connectivity index (χ3v) is 39.7. The standard InChI is InChI=1S/C20H41N2O8P.C18H37N2O7P.C17H34N3O4P.C14H26N3O3P.C14H29N2O3P.C13H25N2O4P/c1-19-16-21(2)17-20(30-19)18-29-31(3,23)22-4-6-24-8-10-26-12-14-28-15-13-27-11-9-25-7-5-22;1-17-14-19(2)15-18(27-17)16-26-28(3,21)20-4-6-22-8-10-24-12-13-25-11-9-23-7-5-20;1-15-12-18(2)13-17(24-15)14-23-25(3,21)20-6-4-16(5-7-20)19-8-10-22-11-9-19;1-12-9-16(3)10-14(20-12)11-19-21(4,18)17-7-5-13(15-2)6-8-17;1-12-5-7-16(8-6-12)20(4,17)18-11-14-10-15(3)9-13(2)19-14;1-11-8-14(2)9-13(19-11)10-18-20(3,17)15-6-4-12(16)5-7-15/h19-20H,4-18H2,1-3H3;17-18H,4-16H2,1-3H3;15-17H,4-14H2,1-3H3;12-14H,5-11H2,1,3-4H3;12-14H,5-11H2,1-4H3;11,13H,4-10H2,1-3H3. The summed E-state index contributed by atoms with van der Waals surface area (Å²) in [6.07, 6.45) is 7.72. The summed E-state index contributed by atoms with van der Waals surface area (Å²) in [5.41, 5.74) is 0. The fraction of sp³-hybridized carbons (Fsp3) is 0.979. The molecule has 850 valence electrons. The maximum atomic E-state index is 13.4. The molecule has 0 spiro atoms. The zero-order valence-corrected chi connectivity index (χ0v) is 97.2. The molecule has 13 rings (SSSR count). The molecule has 13 aliphatic heterocycles. The van der Waals surface area contributed by atoms with Gasteiger partial charge < -0.3 is 137 Å². The van der Waals surface area contributed by atoms with Crippen molar-refractivity contribution in [2.24, 2.45) is 5.92 Å². The summed E-state index contributed by atoms with van der Waals surface area (Å²) < 4.78 is 214. The number of piperidine rings is 4. The fourth-order valence-electron chi connectivity index (χ4n) is 19.7. The van der Waals surface area contributed by atoms with Crippen molar-refractivity contribution in [2.75, 3.05) is 424 Å². The van der Waals surface area contributed by atoms with Gasteiger partial charge in [0.05, 0.1) is 245 Å². The maximum Gasteiger partial charge on any atom is 0.269 e. The molecule has 145 heavy (non-hydrogen) atoms. The van der Waals surface area contributed by atoms with Crippen LogP contribution in [0.25, 0.3) is 4.85 Å². The highest BCUT2D eigenvalue weighted by Gasteiger charge is 2.41. The normalized spacial score (nSPS) is 32.2. The molecule has 18 unspecified atom stereocenters. The molecule has 0 aromatic heterocycles. The first-order chi connectivity index (χ1) is 69.0. The molecule has 0 N–H and O–H groups in total. The minimum Gasteiger partial charge on any atom is -0.379 e. The van der Waals surface area contributed by atoms with Crippen molar-refractivity contribution < 1.29 is 135 Å². The Bertz CT molecular complexity index is 3770. The molecule has 0 radical (unpaired) electrons. The van der Waals surface area contributed by atoms with Crippen LogP contribution >= 0.6 is 45.1 Å². The molecular formula is C96H192N14O29P6. The largest absolute Gasteiger partial charge is 0.379 e. The number of ketones is 1. The highest BCUT2D eigenvalue weighted by atomic mass is 31.2. The van der Waals surface area contributed by atoms with E-state index in [9.17, 15) is 32.2 Å². The highest BCUT2D eigenvalue weighted by molar-refractivity contribution is 7.57. The molecule has 0 saturated carbocycles. The second-order valence-electron chi connectivity index (χ2n) is 41.5. The predicted octanol–water partition coefficient (Wildman–Crippen LogP) is 8.63. The summed E-state index contributed by atoms with van der Waals surface area (Å²) in [6.45, 7) is 64.8. The van der Waals surface area contributed by atoms with E-state index in [1.54, 1.807) is 40.0 Å². The van der Waals surface area contributed by atoms with Gasteiger partial charge in [-0.15, -0.1) is 0 Å². The van der Waals surface area contributed by atoms with Gasteiger partial charge in [0.25, 0.3) is 45.1 Å². The Morgan fingerprint density at radius 2 is 0.448 bits per heavy atom. The van der Waals surface area contributed by atoms with Gasteiger partial charge >= 0.3 is 0 Å². The fourth-order valence-corrected chi connectivity index (χ4v) is 28.9. The third kappa shape index (κ3) is 52.0. The van der Waals surface area contributed by atoms with Gasteiger partial charge in [-0.2, -0.15) is 0 Å². The van der Waals surface area contributed by atoms with Crippen LogP contribution in [-0.4, -0.2) is 578 Å². The zero-order valence-electron chi connectivity index (χ0n) is 91.9. The highest BCUT2D eigenvalue weighted by Crippen LogP contribution is 2.53. The molecule has 13 heterocycles. The van der Waals surface area contributed by atoms with E-state index in [0.29, 0.717) is 230 Å². The first-order valence-electron chi connectivity index (χ1n) is 53.3. The maximum absolute atomic E-state index is 13.4. The van der Waals surface area contributed by atoms with Crippen LogP contribution in [0.2, 0.25) is 0 Å². The monoisotopic (exact) mass is 2190 g/mol. The molecule has 18 atom stereocenters. The molecule has 13 aliphatic rings. The summed E-state index contributed by atoms with van der Waals surface area (Å²) in [5.74, 6) is 0.981. The van der Waals surface area contributed by atoms with Crippen molar-refractivity contribution in [2.45, 2.75) is 185 Å². The second-order valence-corrected chi connectivity index (χ2v) is 56.1. The Kier molecular flexibility index (Phi) is 61.3. The SMILES string of the molecule is CC1CCN(P(C)(=O)OCC2CN(C)CC(C)O2)CC1.CC1CN(C)CC(COP(C)(=O)N2CCC(=O)CC2)O1.CC1CN(C)CC(COP(C)(=O)N2CCC(N3CCOCC3)CC2)O1.CC1CN(C)CC(COP(C)(=O)N2CCOCCOCCOCCOCC2)O1.CC1CN(C)CC(COP(C)(=O)N2CCOCCOCCOCCOCCOCC2)O1.[C-]#[N+]C1CCN(P(C)(=O)OCC2CN(C)CC(C)O2)CC1. The van der Waals surface area contributed by atoms with Gasteiger partial charge in [-0.1, -0.05) is 6.92 Å². The number of Topliss-reactive ketones (excluding diaryl/α,β-unsaturated/α-hetero) is 1. The third-order valence-electron chi connectivity index (χ3n) is 27.4. The average Bonchev–Trinajstić information content (AvgIpc) is 0.822. The summed E-state index contributed by atoms with van der Waals surface area (Å²) in [5, 5.41) is 0. The molecule has 13 fully saturated rings. The van der Waals surface area contributed by atoms with Crippen molar-refractivity contribution in [3.8, 4) is 0 Å². The molecule has 0 bridgehead atoms. The molecular weight excluding hydrogens is 2000 g/mol. The molecule has 0 aliphatic carbocycles. The minimum atomic E-state index is -3.03. The summed E-state index contributed by atoms with van der Waals surface area (Å²) in [7, 11) is -4.63. The quantitative estimate of drug-likeness (QED) is 0.0609. The number of nitrogens with zero attached hydrogens (tertiary/aromatic N) is 14. The van der Waals surface area contributed by atoms with Gasteiger partial charge in [0.2, 0.25) is 6.04 Å². The number of ether oxygens (including phenoxy) is 16. The molecule has 43 nitrogen and oxygen atoms in total. The first-order valence-corrected chi connectivity index (χ1v) is 65.5. The smallest absolute Gasteiger partial charge is 0.269 e. The number of morpholine rings is 7. The van der Waals surface area contributed by atoms with Crippen LogP contribution in [0.3, 0.4) is 0 Å². The lowest BCUT2D eigenvalue weighted by molar-refractivity contribution is -0.120. The topological polar surface area (TPSA) is 369 Å². The van der Waals surface area contributed by atoms with Gasteiger partial charge in [-0.05, 0) is 115 Å². The van der Waals surface area contributed by atoms with Crippen LogP contribution in [-0.2, 0) is 135 Å². The number of hydrogen-bond acceptors (Lipinski definition) is 36. The lowest BCUT2D eigenvalue weighted by Crippen LogP contribution is -2.48. The summed E-state index contributed by atoms with van der Waals surface area (Å²) in [6, 6.07) is 0.675. The van der Waals surface area contributed by atoms with Crippen molar-refractivity contribution in [1.29, 1.82) is 0 Å². The van der Waals surface area contributed by atoms with Crippen molar-refractivity contribution in [3.63, 3.8) is 0 Å². The number of hydrogen-bond donors (Lipinski definition) is 0. The van der Waals surface area contributed by atoms with Crippen molar-refractivity contribution in [1.82, 2.24) is 62.3 Å². The van der Waals surface area contributed by atoms with Gasteiger partial charge in [-0.25, -0.2) is 34.6 Å². The van der Waals surface area contributed by atoms with Gasteiger partial charge in [-0.3, -0.25) is 37.1 Å². The Balaban J connectivity index is 0.000000214. The van der Waals surface area contributed by atoms with Gasteiger partial charge in [0.15, 0.2) is 0 Å². The molecule has 0 aromatic rings. The van der Waals surface area contributed by atoms with E-state index in [0.717, 1.165) is 175 Å². The Morgan fingerprint density at radius 1 is 0.262 bits per heavy atom.